The predicted octanol–water partition coefficient (Wildman–Crippen LogP) is 0.482. The van der Waals surface area contributed by atoms with Crippen LogP contribution in [0.3, 0.4) is 0 Å². The summed E-state index contributed by atoms with van der Waals surface area (Å²) in [6.45, 7) is 2.02. The monoisotopic (exact) mass is 253 g/mol. The van der Waals surface area contributed by atoms with Crippen molar-refractivity contribution in [1.82, 2.24) is 9.55 Å². The van der Waals surface area contributed by atoms with Crippen molar-refractivity contribution in [3.63, 3.8) is 0 Å². The minimum Gasteiger partial charge on any atom is -0.469 e. The van der Waals surface area contributed by atoms with Crippen LogP contribution in [-0.4, -0.2) is 35.8 Å². The first-order valence-corrected chi connectivity index (χ1v) is 6.12. The topological polar surface area (TPSA) is 79.4 Å². The fraction of sp³-hybridized carbons (Fsp3) is 0.667. The highest BCUT2D eigenvalue weighted by atomic mass is 16.5. The Bertz CT molecular complexity index is 399. The normalized spacial score (nSPS) is 20.9. The van der Waals surface area contributed by atoms with Crippen molar-refractivity contribution in [2.24, 2.45) is 11.7 Å². The van der Waals surface area contributed by atoms with Gasteiger partial charge in [0.25, 0.3) is 0 Å². The van der Waals surface area contributed by atoms with E-state index in [1.54, 1.807) is 12.5 Å². The number of esters is 1. The van der Waals surface area contributed by atoms with Gasteiger partial charge in [-0.05, 0) is 6.42 Å². The average molecular weight is 253 g/mol. The fourth-order valence-corrected chi connectivity index (χ4v) is 2.19. The number of methoxy groups -OCH3 is 1. The molecule has 0 aliphatic carbocycles. The molecule has 2 rings (SSSR count). The Kier molecular flexibility index (Phi) is 4.33. The van der Waals surface area contributed by atoms with E-state index in [4.69, 9.17) is 10.5 Å². The molecule has 2 heterocycles. The zero-order chi connectivity index (χ0) is 13.0. The summed E-state index contributed by atoms with van der Waals surface area (Å²) in [7, 11) is 1.39. The molecule has 1 fully saturated rings. The molecule has 0 saturated carbocycles. The SMILES string of the molecule is COC(=O)CCn1cncc1C(N)C1CCOC1. The highest BCUT2D eigenvalue weighted by Gasteiger charge is 2.26. The zero-order valence-electron chi connectivity index (χ0n) is 10.5. The van der Waals surface area contributed by atoms with E-state index in [9.17, 15) is 4.79 Å². The molecule has 0 radical (unpaired) electrons. The van der Waals surface area contributed by atoms with Gasteiger partial charge in [0.2, 0.25) is 0 Å². The fourth-order valence-electron chi connectivity index (χ4n) is 2.19. The van der Waals surface area contributed by atoms with Crippen LogP contribution in [-0.2, 0) is 20.8 Å². The highest BCUT2D eigenvalue weighted by molar-refractivity contribution is 5.68. The second-order valence-corrected chi connectivity index (χ2v) is 4.49. The lowest BCUT2D eigenvalue weighted by Gasteiger charge is -2.19. The van der Waals surface area contributed by atoms with E-state index >= 15 is 0 Å². The number of rotatable bonds is 5. The Hall–Kier alpha value is -1.40. The van der Waals surface area contributed by atoms with Gasteiger partial charge in [0.1, 0.15) is 0 Å². The molecule has 2 unspecified atom stereocenters. The number of aryl methyl sites for hydroxylation is 1. The number of imidazole rings is 1. The molecule has 1 aliphatic heterocycles. The molecule has 2 atom stereocenters. The molecule has 2 N–H and O–H groups in total. The third-order valence-corrected chi connectivity index (χ3v) is 3.34. The molecule has 6 heteroatoms. The standard InChI is InChI=1S/C12H19N3O3/c1-17-11(16)2-4-15-8-14-6-10(15)12(13)9-3-5-18-7-9/h6,8-9,12H,2-5,7,13H2,1H3. The maximum Gasteiger partial charge on any atom is 0.307 e. The molecule has 1 aromatic rings. The lowest BCUT2D eigenvalue weighted by Crippen LogP contribution is -2.24. The van der Waals surface area contributed by atoms with Crippen LogP contribution in [0.1, 0.15) is 24.6 Å². The summed E-state index contributed by atoms with van der Waals surface area (Å²) in [5.41, 5.74) is 7.18. The molecular weight excluding hydrogens is 234 g/mol. The van der Waals surface area contributed by atoms with Crippen LogP contribution in [0.5, 0.6) is 0 Å². The lowest BCUT2D eigenvalue weighted by molar-refractivity contribution is -0.140. The molecule has 18 heavy (non-hydrogen) atoms. The van der Waals surface area contributed by atoms with Crippen LogP contribution < -0.4 is 5.73 Å². The minimum absolute atomic E-state index is 0.0901. The van der Waals surface area contributed by atoms with Crippen molar-refractivity contribution in [2.45, 2.75) is 25.4 Å². The summed E-state index contributed by atoms with van der Waals surface area (Å²) in [6, 6.07) is -0.0901. The Morgan fingerprint density at radius 1 is 1.78 bits per heavy atom. The smallest absolute Gasteiger partial charge is 0.307 e. The van der Waals surface area contributed by atoms with E-state index in [0.717, 1.165) is 18.7 Å². The van der Waals surface area contributed by atoms with E-state index in [1.807, 2.05) is 4.57 Å². The van der Waals surface area contributed by atoms with Crippen LogP contribution in [0.4, 0.5) is 0 Å². The van der Waals surface area contributed by atoms with Crippen molar-refractivity contribution in [3.8, 4) is 0 Å². The first-order valence-electron chi connectivity index (χ1n) is 6.12. The van der Waals surface area contributed by atoms with Crippen molar-refractivity contribution in [3.05, 3.63) is 18.2 Å². The number of hydrogen-bond donors (Lipinski definition) is 1. The maximum atomic E-state index is 11.1. The van der Waals surface area contributed by atoms with Gasteiger partial charge in [0, 0.05) is 25.3 Å². The number of nitrogens with zero attached hydrogens (tertiary/aromatic N) is 2. The summed E-state index contributed by atoms with van der Waals surface area (Å²) in [5.74, 6) is 0.103. The molecule has 0 spiro atoms. The second kappa shape index (κ2) is 5.97. The van der Waals surface area contributed by atoms with Gasteiger partial charge in [0.05, 0.1) is 38.2 Å². The molecule has 0 bridgehead atoms. The zero-order valence-corrected chi connectivity index (χ0v) is 10.5. The van der Waals surface area contributed by atoms with Gasteiger partial charge in [-0.3, -0.25) is 4.79 Å². The van der Waals surface area contributed by atoms with E-state index in [-0.39, 0.29) is 12.0 Å². The van der Waals surface area contributed by atoms with Crippen molar-refractivity contribution in [1.29, 1.82) is 0 Å². The third kappa shape index (κ3) is 2.88. The van der Waals surface area contributed by atoms with Gasteiger partial charge in [-0.15, -0.1) is 0 Å². The average Bonchev–Trinajstić information content (AvgIpc) is 3.05. The first kappa shape index (κ1) is 13.0. The van der Waals surface area contributed by atoms with Crippen LogP contribution in [0, 0.1) is 5.92 Å². The maximum absolute atomic E-state index is 11.1. The van der Waals surface area contributed by atoms with E-state index in [1.165, 1.54) is 7.11 Å². The number of aromatic nitrogens is 2. The number of carbonyl (C=O) groups is 1. The minimum atomic E-state index is -0.229. The lowest BCUT2D eigenvalue weighted by atomic mass is 9.97. The molecule has 0 amide bonds. The van der Waals surface area contributed by atoms with E-state index in [0.29, 0.717) is 25.5 Å². The van der Waals surface area contributed by atoms with E-state index < -0.39 is 0 Å². The number of hydrogen-bond acceptors (Lipinski definition) is 5. The molecule has 1 aliphatic rings. The van der Waals surface area contributed by atoms with Gasteiger partial charge in [0.15, 0.2) is 0 Å². The van der Waals surface area contributed by atoms with Gasteiger partial charge in [-0.2, -0.15) is 0 Å². The van der Waals surface area contributed by atoms with Crippen LogP contribution in [0.25, 0.3) is 0 Å². The molecule has 1 aromatic heterocycles. The Labute approximate surface area is 106 Å². The summed E-state index contributed by atoms with van der Waals surface area (Å²) in [5, 5.41) is 0. The molecule has 100 valence electrons. The van der Waals surface area contributed by atoms with Crippen LogP contribution in [0.15, 0.2) is 12.5 Å². The van der Waals surface area contributed by atoms with Gasteiger partial charge < -0.3 is 19.8 Å². The molecular formula is C12H19N3O3. The van der Waals surface area contributed by atoms with Gasteiger partial charge in [-0.1, -0.05) is 0 Å². The van der Waals surface area contributed by atoms with Crippen LogP contribution in [0.2, 0.25) is 0 Å². The number of ether oxygens (including phenoxy) is 2. The number of carbonyl (C=O) groups excluding carboxylic acids is 1. The van der Waals surface area contributed by atoms with Gasteiger partial charge in [-0.25, -0.2) is 4.98 Å². The molecule has 1 saturated heterocycles. The Morgan fingerprint density at radius 3 is 3.28 bits per heavy atom. The third-order valence-electron chi connectivity index (χ3n) is 3.34. The van der Waals surface area contributed by atoms with Crippen molar-refractivity contribution >= 4 is 5.97 Å². The highest BCUT2D eigenvalue weighted by Crippen LogP contribution is 2.26. The van der Waals surface area contributed by atoms with Gasteiger partial charge >= 0.3 is 5.97 Å². The summed E-state index contributed by atoms with van der Waals surface area (Å²) in [4.78, 5) is 15.2. The largest absolute Gasteiger partial charge is 0.469 e. The summed E-state index contributed by atoms with van der Waals surface area (Å²) >= 11 is 0. The second-order valence-electron chi connectivity index (χ2n) is 4.49. The molecule has 6 nitrogen and oxygen atoms in total. The van der Waals surface area contributed by atoms with E-state index in [2.05, 4.69) is 9.72 Å². The summed E-state index contributed by atoms with van der Waals surface area (Å²) in [6.07, 6.45) is 4.77. The Morgan fingerprint density at radius 2 is 2.61 bits per heavy atom. The quantitative estimate of drug-likeness (QED) is 0.772. The van der Waals surface area contributed by atoms with Crippen LogP contribution >= 0.6 is 0 Å². The Balaban J connectivity index is 2.00. The first-order chi connectivity index (χ1) is 8.72. The van der Waals surface area contributed by atoms with Crippen molar-refractivity contribution < 1.29 is 14.3 Å². The predicted molar refractivity (Wildman–Crippen MR) is 64.7 cm³/mol. The number of nitrogens with two attached hydrogens (primary N) is 1. The summed E-state index contributed by atoms with van der Waals surface area (Å²) < 4.78 is 11.9. The van der Waals surface area contributed by atoms with Crippen molar-refractivity contribution in [2.75, 3.05) is 20.3 Å². The molecule has 0 aromatic carbocycles.